The van der Waals surface area contributed by atoms with Crippen molar-refractivity contribution in [1.29, 1.82) is 0 Å². The molecule has 0 nitrogen and oxygen atoms in total. The normalized spacial score (nSPS) is 11.7. The highest BCUT2D eigenvalue weighted by Crippen LogP contribution is 2.51. The molecule has 0 radical (unpaired) electrons. The molecule has 0 amide bonds. The minimum Gasteiger partial charge on any atom is -0.0622 e. The summed E-state index contributed by atoms with van der Waals surface area (Å²) in [4.78, 5) is 0. The topological polar surface area (TPSA) is 0 Å². The molecule has 0 atom stereocenters. The zero-order valence-electron chi connectivity index (χ0n) is 45.0. The third kappa shape index (κ3) is 7.83. The van der Waals surface area contributed by atoms with Crippen molar-refractivity contribution in [2.24, 2.45) is 0 Å². The molecule has 0 heterocycles. The van der Waals surface area contributed by atoms with Crippen molar-refractivity contribution in [1.82, 2.24) is 0 Å². The first-order chi connectivity index (χ1) is 40.7. The molecular formula is C82H52. The van der Waals surface area contributed by atoms with E-state index in [1.807, 2.05) is 0 Å². The number of benzene rings is 16. The molecule has 0 saturated heterocycles. The van der Waals surface area contributed by atoms with Gasteiger partial charge in [-0.3, -0.25) is 0 Å². The van der Waals surface area contributed by atoms with Crippen molar-refractivity contribution in [3.05, 3.63) is 315 Å². The van der Waals surface area contributed by atoms with Gasteiger partial charge in [0.05, 0.1) is 0 Å². The molecule has 0 fully saturated rings. The standard InChI is InChI=1S/C82H52/c1-5-24-53(25-6-1)57-46-58(54-26-7-2-8-27-54)49-61(48-57)79-69-34-15-19-38-73(69)81(74-39-20-16-35-70(74)79)68-43-23-42-64-66(68)44-45-67-63-32-13-14-33-65(63)78(52-77(64)67)82-75-40-21-17-36-71(75)80(72-37-18-22-41-76(72)82)62-50-59(55-28-9-3-10-29-55)47-60(51-62)56-30-11-4-12-31-56/h1-52H. The molecule has 0 N–H and O–H groups in total. The zero-order chi connectivity index (χ0) is 54.1. The highest BCUT2D eigenvalue weighted by atomic mass is 14.3. The van der Waals surface area contributed by atoms with Crippen LogP contribution in [0.2, 0.25) is 0 Å². The largest absolute Gasteiger partial charge is 0.0622 e. The summed E-state index contributed by atoms with van der Waals surface area (Å²) in [5.41, 5.74) is 19.5. The fourth-order valence-electron chi connectivity index (χ4n) is 13.6. The Labute approximate surface area is 477 Å². The summed E-state index contributed by atoms with van der Waals surface area (Å²) in [6, 6.07) is 117. The third-order valence-corrected chi connectivity index (χ3v) is 17.2. The lowest BCUT2D eigenvalue weighted by Crippen LogP contribution is -1.94. The minimum absolute atomic E-state index is 1.20. The van der Waals surface area contributed by atoms with Crippen molar-refractivity contribution in [2.75, 3.05) is 0 Å². The lowest BCUT2D eigenvalue weighted by molar-refractivity contribution is 1.58. The highest BCUT2D eigenvalue weighted by molar-refractivity contribution is 6.30. The quantitative estimate of drug-likeness (QED) is 0.105. The third-order valence-electron chi connectivity index (χ3n) is 17.2. The Balaban J connectivity index is 0.936. The lowest BCUT2D eigenvalue weighted by Gasteiger charge is -2.21. The fourth-order valence-corrected chi connectivity index (χ4v) is 13.6. The maximum Gasteiger partial charge on any atom is -0.00199 e. The zero-order valence-corrected chi connectivity index (χ0v) is 45.0. The molecule has 0 spiro atoms. The first-order valence-corrected chi connectivity index (χ1v) is 28.5. The van der Waals surface area contributed by atoms with Gasteiger partial charge in [-0.25, -0.2) is 0 Å². The smallest absolute Gasteiger partial charge is 0.00199 e. The van der Waals surface area contributed by atoms with Crippen LogP contribution in [0.15, 0.2) is 315 Å². The molecule has 0 aliphatic carbocycles. The molecule has 0 saturated carbocycles. The highest BCUT2D eigenvalue weighted by Gasteiger charge is 2.23. The van der Waals surface area contributed by atoms with E-state index in [1.165, 1.54) is 164 Å². The van der Waals surface area contributed by atoms with Gasteiger partial charge in [-0.15, -0.1) is 0 Å². The second-order valence-electron chi connectivity index (χ2n) is 21.8. The van der Waals surface area contributed by atoms with Gasteiger partial charge >= 0.3 is 0 Å². The molecule has 16 aromatic carbocycles. The molecule has 0 heteroatoms. The fraction of sp³-hybridized carbons (Fsp3) is 0. The Hall–Kier alpha value is -10.7. The van der Waals surface area contributed by atoms with Crippen LogP contribution in [-0.4, -0.2) is 0 Å². The summed E-state index contributed by atoms with van der Waals surface area (Å²) < 4.78 is 0. The van der Waals surface area contributed by atoms with Gasteiger partial charge in [0.25, 0.3) is 0 Å². The summed E-state index contributed by atoms with van der Waals surface area (Å²) in [5.74, 6) is 0. The maximum absolute atomic E-state index is 2.52. The lowest BCUT2D eigenvalue weighted by atomic mass is 9.81. The van der Waals surface area contributed by atoms with E-state index in [2.05, 4.69) is 315 Å². The molecule has 16 rings (SSSR count). The second kappa shape index (κ2) is 19.6. The summed E-state index contributed by atoms with van der Waals surface area (Å²) >= 11 is 0. The van der Waals surface area contributed by atoms with Gasteiger partial charge < -0.3 is 0 Å². The number of hydrogen-bond acceptors (Lipinski definition) is 0. The molecule has 380 valence electrons. The Morgan fingerprint density at radius 3 is 0.732 bits per heavy atom. The van der Waals surface area contributed by atoms with Crippen LogP contribution < -0.4 is 0 Å². The predicted molar refractivity (Wildman–Crippen MR) is 352 cm³/mol. The van der Waals surface area contributed by atoms with Crippen LogP contribution >= 0.6 is 0 Å². The Morgan fingerprint density at radius 2 is 0.354 bits per heavy atom. The van der Waals surface area contributed by atoms with Crippen molar-refractivity contribution < 1.29 is 0 Å². The molecule has 16 aromatic rings. The van der Waals surface area contributed by atoms with E-state index < -0.39 is 0 Å². The van der Waals surface area contributed by atoms with Gasteiger partial charge in [0, 0.05) is 0 Å². The summed E-state index contributed by atoms with van der Waals surface area (Å²) in [6.45, 7) is 0. The van der Waals surface area contributed by atoms with Crippen molar-refractivity contribution >= 4 is 75.4 Å². The van der Waals surface area contributed by atoms with E-state index in [-0.39, 0.29) is 0 Å². The van der Waals surface area contributed by atoms with Gasteiger partial charge in [0.2, 0.25) is 0 Å². The molecule has 0 unspecified atom stereocenters. The van der Waals surface area contributed by atoms with Gasteiger partial charge in [0.15, 0.2) is 0 Å². The van der Waals surface area contributed by atoms with Gasteiger partial charge in [-0.1, -0.05) is 273 Å². The van der Waals surface area contributed by atoms with Crippen molar-refractivity contribution in [3.63, 3.8) is 0 Å². The summed E-state index contributed by atoms with van der Waals surface area (Å²) in [7, 11) is 0. The van der Waals surface area contributed by atoms with Crippen LogP contribution in [0.1, 0.15) is 0 Å². The van der Waals surface area contributed by atoms with Crippen molar-refractivity contribution in [3.8, 4) is 89.0 Å². The number of hydrogen-bond donors (Lipinski definition) is 0. The Morgan fingerprint density at radius 1 is 0.110 bits per heavy atom. The number of rotatable bonds is 8. The monoisotopic (exact) mass is 1040 g/mol. The van der Waals surface area contributed by atoms with E-state index in [9.17, 15) is 0 Å². The number of fused-ring (bicyclic) bond motifs is 9. The first-order valence-electron chi connectivity index (χ1n) is 28.5. The van der Waals surface area contributed by atoms with Crippen LogP contribution in [0.5, 0.6) is 0 Å². The van der Waals surface area contributed by atoms with E-state index in [4.69, 9.17) is 0 Å². The van der Waals surface area contributed by atoms with Gasteiger partial charge in [-0.05, 0) is 207 Å². The molecule has 0 aliphatic heterocycles. The van der Waals surface area contributed by atoms with Gasteiger partial charge in [-0.2, -0.15) is 0 Å². The SMILES string of the molecule is c1ccc(-c2cc(-c3ccccc3)cc(-c3c4ccccc4c(-c4cc5c6cccc(-c7c8ccccc8c(-c8cc(-c9ccccc9)cc(-c9ccccc9)c8)c8ccccc78)c6ccc5c5ccccc45)c4ccccc34)c2)cc1. The molecule has 0 aromatic heterocycles. The molecule has 0 aliphatic rings. The first kappa shape index (κ1) is 47.3. The predicted octanol–water partition coefficient (Wildman–Crippen LogP) is 23.1. The van der Waals surface area contributed by atoms with E-state index >= 15 is 0 Å². The second-order valence-corrected chi connectivity index (χ2v) is 21.8. The van der Waals surface area contributed by atoms with Crippen LogP contribution in [0.25, 0.3) is 164 Å². The Bertz CT molecular complexity index is 4940. The van der Waals surface area contributed by atoms with Crippen LogP contribution in [0, 0.1) is 0 Å². The molecule has 82 heavy (non-hydrogen) atoms. The molecular weight excluding hydrogens is 985 g/mol. The molecule has 0 bridgehead atoms. The summed E-state index contributed by atoms with van der Waals surface area (Å²) in [5, 5.41) is 17.3. The Kier molecular flexibility index (Phi) is 11.3. The van der Waals surface area contributed by atoms with E-state index in [1.54, 1.807) is 0 Å². The van der Waals surface area contributed by atoms with Gasteiger partial charge in [0.1, 0.15) is 0 Å². The van der Waals surface area contributed by atoms with Crippen LogP contribution in [0.3, 0.4) is 0 Å². The average Bonchev–Trinajstić information content (AvgIpc) is 3.71. The van der Waals surface area contributed by atoms with Crippen LogP contribution in [-0.2, 0) is 0 Å². The summed E-state index contributed by atoms with van der Waals surface area (Å²) in [6.07, 6.45) is 0. The van der Waals surface area contributed by atoms with E-state index in [0.717, 1.165) is 0 Å². The maximum atomic E-state index is 2.52. The average molecular weight is 1040 g/mol. The van der Waals surface area contributed by atoms with Crippen molar-refractivity contribution in [2.45, 2.75) is 0 Å². The van der Waals surface area contributed by atoms with Crippen LogP contribution in [0.4, 0.5) is 0 Å². The van der Waals surface area contributed by atoms with E-state index in [0.29, 0.717) is 0 Å². The minimum atomic E-state index is 1.20.